The van der Waals surface area contributed by atoms with Crippen molar-refractivity contribution in [3.63, 3.8) is 0 Å². The van der Waals surface area contributed by atoms with Gasteiger partial charge in [0.2, 0.25) is 0 Å². The molecule has 4 heteroatoms. The molecule has 0 amide bonds. The van der Waals surface area contributed by atoms with Crippen LogP contribution < -0.4 is 5.73 Å². The van der Waals surface area contributed by atoms with E-state index in [-0.39, 0.29) is 0 Å². The highest BCUT2D eigenvalue weighted by atomic mass is 15.0. The zero-order chi connectivity index (χ0) is 18.9. The van der Waals surface area contributed by atoms with Crippen LogP contribution in [0.5, 0.6) is 0 Å². The van der Waals surface area contributed by atoms with Gasteiger partial charge in [0, 0.05) is 29.2 Å². The number of pyridine rings is 2. The summed E-state index contributed by atoms with van der Waals surface area (Å²) >= 11 is 0. The van der Waals surface area contributed by atoms with Crippen molar-refractivity contribution in [3.05, 3.63) is 97.5 Å². The fourth-order valence-corrected chi connectivity index (χ4v) is 3.45. The van der Waals surface area contributed by atoms with E-state index in [1.165, 1.54) is 0 Å². The van der Waals surface area contributed by atoms with Gasteiger partial charge in [-0.15, -0.1) is 0 Å². The molecule has 5 rings (SSSR count). The largest absolute Gasteiger partial charge is 0.399 e. The molecule has 0 saturated carbocycles. The normalized spacial score (nSPS) is 11.0. The summed E-state index contributed by atoms with van der Waals surface area (Å²) in [4.78, 5) is 9.14. The minimum absolute atomic E-state index is 0.756. The number of hydrogen-bond acceptors (Lipinski definition) is 3. The molecule has 0 aliphatic rings. The van der Waals surface area contributed by atoms with E-state index in [4.69, 9.17) is 5.73 Å². The van der Waals surface area contributed by atoms with Crippen molar-refractivity contribution in [2.75, 3.05) is 5.73 Å². The third-order valence-electron chi connectivity index (χ3n) is 4.86. The molecule has 0 bridgehead atoms. The van der Waals surface area contributed by atoms with Crippen LogP contribution in [0.25, 0.3) is 39.3 Å². The molecular formula is C24H18N4. The van der Waals surface area contributed by atoms with Crippen LogP contribution in [0, 0.1) is 0 Å². The molecule has 4 nitrogen and oxygen atoms in total. The van der Waals surface area contributed by atoms with Crippen molar-refractivity contribution in [3.8, 4) is 33.6 Å². The summed E-state index contributed by atoms with van der Waals surface area (Å²) in [5.74, 6) is 0. The lowest BCUT2D eigenvalue weighted by Crippen LogP contribution is -1.91. The number of imidazole rings is 1. The number of aromatic nitrogens is 3. The molecule has 0 spiro atoms. The fourth-order valence-electron chi connectivity index (χ4n) is 3.45. The van der Waals surface area contributed by atoms with Crippen LogP contribution in [0.3, 0.4) is 0 Å². The Balaban J connectivity index is 1.57. The van der Waals surface area contributed by atoms with Crippen LogP contribution in [0.1, 0.15) is 0 Å². The lowest BCUT2D eigenvalue weighted by molar-refractivity contribution is 1.19. The standard InChI is InChI=1S/C24H18N4/c25-21-8-4-7-18(13-21)19-10-12-28-23(16-27-24(28)15-19)20-9-11-26-22(14-20)17-5-2-1-3-6-17/h1-16H,25H2. The average Bonchev–Trinajstić information content (AvgIpc) is 3.18. The number of nitrogen functional groups attached to an aromatic ring is 1. The van der Waals surface area contributed by atoms with Gasteiger partial charge in [-0.25, -0.2) is 4.98 Å². The van der Waals surface area contributed by atoms with Crippen molar-refractivity contribution >= 4 is 11.3 Å². The molecule has 0 radical (unpaired) electrons. The predicted molar refractivity (Wildman–Crippen MR) is 114 cm³/mol. The summed E-state index contributed by atoms with van der Waals surface area (Å²) in [6, 6.07) is 26.4. The monoisotopic (exact) mass is 362 g/mol. The maximum Gasteiger partial charge on any atom is 0.137 e. The highest BCUT2D eigenvalue weighted by molar-refractivity contribution is 5.74. The molecule has 3 aromatic heterocycles. The first-order valence-electron chi connectivity index (χ1n) is 9.13. The maximum absolute atomic E-state index is 5.92. The smallest absolute Gasteiger partial charge is 0.137 e. The molecule has 0 saturated heterocycles. The Labute approximate surface area is 163 Å². The van der Waals surface area contributed by atoms with Crippen LogP contribution >= 0.6 is 0 Å². The van der Waals surface area contributed by atoms with Crippen molar-refractivity contribution in [1.29, 1.82) is 0 Å². The van der Waals surface area contributed by atoms with E-state index in [1.54, 1.807) is 0 Å². The van der Waals surface area contributed by atoms with Crippen LogP contribution in [0.2, 0.25) is 0 Å². The second-order valence-corrected chi connectivity index (χ2v) is 6.71. The Bertz CT molecular complexity index is 1270. The van der Waals surface area contributed by atoms with Gasteiger partial charge in [0.1, 0.15) is 5.65 Å². The zero-order valence-electron chi connectivity index (χ0n) is 15.2. The Hall–Kier alpha value is -3.92. The molecule has 2 aromatic carbocycles. The van der Waals surface area contributed by atoms with Gasteiger partial charge in [0.25, 0.3) is 0 Å². The number of fused-ring (bicyclic) bond motifs is 1. The topological polar surface area (TPSA) is 56.2 Å². The Morgan fingerprint density at radius 3 is 2.36 bits per heavy atom. The SMILES string of the molecule is Nc1cccc(-c2ccn3c(-c4ccnc(-c5ccccc5)c4)cnc3c2)c1. The van der Waals surface area contributed by atoms with E-state index in [2.05, 4.69) is 57.0 Å². The van der Waals surface area contributed by atoms with Crippen LogP contribution in [-0.2, 0) is 0 Å². The first-order valence-corrected chi connectivity index (χ1v) is 9.13. The number of nitrogens with zero attached hydrogens (tertiary/aromatic N) is 3. The van der Waals surface area contributed by atoms with Crippen LogP contribution in [0.4, 0.5) is 5.69 Å². The van der Waals surface area contributed by atoms with Gasteiger partial charge in [0.05, 0.1) is 17.6 Å². The van der Waals surface area contributed by atoms with Gasteiger partial charge in [-0.2, -0.15) is 0 Å². The highest BCUT2D eigenvalue weighted by Crippen LogP contribution is 2.28. The van der Waals surface area contributed by atoms with Crippen molar-refractivity contribution in [2.45, 2.75) is 0 Å². The van der Waals surface area contributed by atoms with Crippen LogP contribution in [0.15, 0.2) is 97.5 Å². The zero-order valence-corrected chi connectivity index (χ0v) is 15.2. The Morgan fingerprint density at radius 2 is 1.50 bits per heavy atom. The molecule has 0 unspecified atom stereocenters. The molecule has 0 fully saturated rings. The summed E-state index contributed by atoms with van der Waals surface area (Å²) in [6.45, 7) is 0. The summed E-state index contributed by atoms with van der Waals surface area (Å²) in [5.41, 5.74) is 13.9. The second-order valence-electron chi connectivity index (χ2n) is 6.71. The number of anilines is 1. The Morgan fingerprint density at radius 1 is 0.679 bits per heavy atom. The van der Waals surface area contributed by atoms with E-state index in [9.17, 15) is 0 Å². The van der Waals surface area contributed by atoms with E-state index >= 15 is 0 Å². The van der Waals surface area contributed by atoms with E-state index in [0.717, 1.165) is 45.0 Å². The van der Waals surface area contributed by atoms with Gasteiger partial charge in [-0.1, -0.05) is 42.5 Å². The predicted octanol–water partition coefficient (Wildman–Crippen LogP) is 5.31. The van der Waals surface area contributed by atoms with Crippen LogP contribution in [-0.4, -0.2) is 14.4 Å². The molecule has 0 atom stereocenters. The molecule has 3 heterocycles. The molecule has 2 N–H and O–H groups in total. The number of benzene rings is 2. The van der Waals surface area contributed by atoms with Crippen molar-refractivity contribution in [1.82, 2.24) is 14.4 Å². The van der Waals surface area contributed by atoms with E-state index in [0.29, 0.717) is 0 Å². The summed E-state index contributed by atoms with van der Waals surface area (Å²) in [5, 5.41) is 0. The number of rotatable bonds is 3. The highest BCUT2D eigenvalue weighted by Gasteiger charge is 2.09. The molecule has 28 heavy (non-hydrogen) atoms. The summed E-state index contributed by atoms with van der Waals surface area (Å²) in [7, 11) is 0. The lowest BCUT2D eigenvalue weighted by Gasteiger charge is -2.07. The first kappa shape index (κ1) is 16.3. The summed E-state index contributed by atoms with van der Waals surface area (Å²) in [6.07, 6.45) is 5.81. The quantitative estimate of drug-likeness (QED) is 0.442. The van der Waals surface area contributed by atoms with E-state index in [1.807, 2.05) is 54.9 Å². The van der Waals surface area contributed by atoms with Crippen molar-refractivity contribution < 1.29 is 0 Å². The van der Waals surface area contributed by atoms with E-state index < -0.39 is 0 Å². The van der Waals surface area contributed by atoms with Crippen molar-refractivity contribution in [2.24, 2.45) is 0 Å². The minimum atomic E-state index is 0.756. The molecule has 5 aromatic rings. The number of hydrogen-bond donors (Lipinski definition) is 1. The third-order valence-corrected chi connectivity index (χ3v) is 4.86. The Kier molecular flexibility index (Phi) is 3.87. The second kappa shape index (κ2) is 6.67. The summed E-state index contributed by atoms with van der Waals surface area (Å²) < 4.78 is 2.10. The molecular weight excluding hydrogens is 344 g/mol. The minimum Gasteiger partial charge on any atom is -0.399 e. The molecule has 0 aliphatic heterocycles. The third kappa shape index (κ3) is 2.91. The van der Waals surface area contributed by atoms with Gasteiger partial charge in [-0.05, 0) is 47.5 Å². The number of nitrogens with two attached hydrogens (primary N) is 1. The molecule has 134 valence electrons. The molecule has 0 aliphatic carbocycles. The maximum atomic E-state index is 5.92. The van der Waals surface area contributed by atoms with Gasteiger partial charge < -0.3 is 5.73 Å². The first-order chi connectivity index (χ1) is 13.8. The lowest BCUT2D eigenvalue weighted by atomic mass is 10.1. The fraction of sp³-hybridized carbons (Fsp3) is 0. The van der Waals surface area contributed by atoms with Gasteiger partial charge in [-0.3, -0.25) is 9.38 Å². The van der Waals surface area contributed by atoms with Gasteiger partial charge >= 0.3 is 0 Å². The van der Waals surface area contributed by atoms with Gasteiger partial charge in [0.15, 0.2) is 0 Å². The average molecular weight is 362 g/mol.